The Morgan fingerprint density at radius 2 is 1.92 bits per heavy atom. The number of aromatic nitrogens is 1. The summed E-state index contributed by atoms with van der Waals surface area (Å²) in [6.07, 6.45) is 1.62. The molecule has 1 aromatic carbocycles. The third-order valence-electron chi connectivity index (χ3n) is 3.90. The van der Waals surface area contributed by atoms with E-state index in [0.29, 0.717) is 12.3 Å². The number of pyridine rings is 1. The van der Waals surface area contributed by atoms with Gasteiger partial charge in [-0.05, 0) is 43.2 Å². The van der Waals surface area contributed by atoms with Gasteiger partial charge in [0.2, 0.25) is 11.8 Å². The Bertz CT molecular complexity index is 800. The van der Waals surface area contributed by atoms with Crippen LogP contribution in [0.5, 0.6) is 5.88 Å². The number of nitrogens with one attached hydrogen (secondary N) is 2. The normalized spacial score (nSPS) is 15.4. The Balaban J connectivity index is 1.84. The molecule has 1 aliphatic rings. The van der Waals surface area contributed by atoms with E-state index in [4.69, 9.17) is 4.74 Å². The highest BCUT2D eigenvalue weighted by Gasteiger charge is 2.32. The number of anilines is 1. The highest BCUT2D eigenvalue weighted by Crippen LogP contribution is 2.35. The van der Waals surface area contributed by atoms with Crippen LogP contribution in [0.25, 0.3) is 11.1 Å². The van der Waals surface area contributed by atoms with Crippen LogP contribution >= 0.6 is 0 Å². The smallest absolute Gasteiger partial charge is 0.261 e. The SMILES string of the molecule is CC(=O)Nc1ccc(-c2ccnc3c2CC(C(=O)NC(C)C)O3)cc1. The Morgan fingerprint density at radius 3 is 2.56 bits per heavy atom. The van der Waals surface area contributed by atoms with E-state index < -0.39 is 6.10 Å². The molecule has 130 valence electrons. The number of amides is 2. The molecule has 0 spiro atoms. The van der Waals surface area contributed by atoms with E-state index in [1.54, 1.807) is 6.20 Å². The number of nitrogens with zero attached hydrogens (tertiary/aromatic N) is 1. The van der Waals surface area contributed by atoms with E-state index in [1.165, 1.54) is 6.92 Å². The second kappa shape index (κ2) is 6.93. The first-order valence-corrected chi connectivity index (χ1v) is 8.27. The number of ether oxygens (including phenoxy) is 1. The van der Waals surface area contributed by atoms with Crippen molar-refractivity contribution < 1.29 is 14.3 Å². The molecule has 2 N–H and O–H groups in total. The molecule has 6 heteroatoms. The molecule has 0 fully saturated rings. The molecule has 2 aromatic rings. The number of carbonyl (C=O) groups excluding carboxylic acids is 2. The number of fused-ring (bicyclic) bond motifs is 1. The zero-order chi connectivity index (χ0) is 18.0. The lowest BCUT2D eigenvalue weighted by molar-refractivity contribution is -0.127. The Morgan fingerprint density at radius 1 is 1.20 bits per heavy atom. The molecule has 2 amide bonds. The number of rotatable bonds is 4. The Kier molecular flexibility index (Phi) is 4.70. The zero-order valence-electron chi connectivity index (χ0n) is 14.5. The molecule has 1 aromatic heterocycles. The number of carbonyl (C=O) groups is 2. The van der Waals surface area contributed by atoms with E-state index in [0.717, 1.165) is 22.4 Å². The maximum absolute atomic E-state index is 12.2. The maximum Gasteiger partial charge on any atom is 0.261 e. The van der Waals surface area contributed by atoms with Crippen molar-refractivity contribution in [2.24, 2.45) is 0 Å². The predicted molar refractivity (Wildman–Crippen MR) is 95.4 cm³/mol. The summed E-state index contributed by atoms with van der Waals surface area (Å²) >= 11 is 0. The summed E-state index contributed by atoms with van der Waals surface area (Å²) in [4.78, 5) is 27.6. The molecule has 0 radical (unpaired) electrons. The molecule has 0 saturated heterocycles. The highest BCUT2D eigenvalue weighted by molar-refractivity contribution is 5.89. The van der Waals surface area contributed by atoms with Crippen molar-refractivity contribution in [2.45, 2.75) is 39.3 Å². The van der Waals surface area contributed by atoms with E-state index in [-0.39, 0.29) is 17.9 Å². The molecule has 0 saturated carbocycles. The van der Waals surface area contributed by atoms with Gasteiger partial charge in [-0.15, -0.1) is 0 Å². The minimum Gasteiger partial charge on any atom is -0.464 e. The molecule has 2 heterocycles. The zero-order valence-corrected chi connectivity index (χ0v) is 14.5. The van der Waals surface area contributed by atoms with Gasteiger partial charge in [-0.1, -0.05) is 12.1 Å². The standard InChI is InChI=1S/C19H21N3O3/c1-11(2)21-18(24)17-10-16-15(8-9-20-19(16)25-17)13-4-6-14(7-5-13)22-12(3)23/h4-9,11,17H,10H2,1-3H3,(H,21,24)(H,22,23). The van der Waals surface area contributed by atoms with Crippen molar-refractivity contribution in [1.29, 1.82) is 0 Å². The third-order valence-corrected chi connectivity index (χ3v) is 3.90. The average Bonchev–Trinajstić information content (AvgIpc) is 2.99. The lowest BCUT2D eigenvalue weighted by Gasteiger charge is -2.12. The summed E-state index contributed by atoms with van der Waals surface area (Å²) in [5, 5.41) is 5.62. The molecular formula is C19H21N3O3. The topological polar surface area (TPSA) is 80.3 Å². The van der Waals surface area contributed by atoms with Crippen LogP contribution < -0.4 is 15.4 Å². The lowest BCUT2D eigenvalue weighted by Crippen LogP contribution is -2.40. The summed E-state index contributed by atoms with van der Waals surface area (Å²) in [6, 6.07) is 9.54. The third kappa shape index (κ3) is 3.79. The molecule has 0 bridgehead atoms. The first-order valence-electron chi connectivity index (χ1n) is 8.27. The molecule has 25 heavy (non-hydrogen) atoms. The van der Waals surface area contributed by atoms with Crippen molar-refractivity contribution >= 4 is 17.5 Å². The second-order valence-corrected chi connectivity index (χ2v) is 6.37. The van der Waals surface area contributed by atoms with Crippen molar-refractivity contribution in [2.75, 3.05) is 5.32 Å². The van der Waals surface area contributed by atoms with Crippen LogP contribution in [-0.2, 0) is 16.0 Å². The second-order valence-electron chi connectivity index (χ2n) is 6.37. The van der Waals surface area contributed by atoms with Crippen LogP contribution in [0, 0.1) is 0 Å². The number of benzene rings is 1. The fourth-order valence-corrected chi connectivity index (χ4v) is 2.86. The van der Waals surface area contributed by atoms with Gasteiger partial charge in [0.25, 0.3) is 5.91 Å². The first kappa shape index (κ1) is 17.0. The lowest BCUT2D eigenvalue weighted by atomic mass is 9.98. The predicted octanol–water partition coefficient (Wildman–Crippen LogP) is 2.54. The summed E-state index contributed by atoms with van der Waals surface area (Å²) < 4.78 is 5.73. The van der Waals surface area contributed by atoms with Gasteiger partial charge in [-0.2, -0.15) is 0 Å². The van der Waals surface area contributed by atoms with E-state index >= 15 is 0 Å². The summed E-state index contributed by atoms with van der Waals surface area (Å²) in [6.45, 7) is 5.31. The van der Waals surface area contributed by atoms with Gasteiger partial charge in [0, 0.05) is 36.8 Å². The largest absolute Gasteiger partial charge is 0.464 e. The summed E-state index contributed by atoms with van der Waals surface area (Å²) in [5.41, 5.74) is 3.64. The van der Waals surface area contributed by atoms with Gasteiger partial charge in [-0.3, -0.25) is 9.59 Å². The van der Waals surface area contributed by atoms with E-state index in [9.17, 15) is 9.59 Å². The summed E-state index contributed by atoms with van der Waals surface area (Å²) in [7, 11) is 0. The molecular weight excluding hydrogens is 318 g/mol. The van der Waals surface area contributed by atoms with Gasteiger partial charge in [0.1, 0.15) is 0 Å². The first-order chi connectivity index (χ1) is 11.9. The van der Waals surface area contributed by atoms with Crippen molar-refractivity contribution in [1.82, 2.24) is 10.3 Å². The molecule has 1 aliphatic heterocycles. The van der Waals surface area contributed by atoms with Crippen molar-refractivity contribution in [3.05, 3.63) is 42.1 Å². The van der Waals surface area contributed by atoms with E-state index in [1.807, 2.05) is 44.2 Å². The number of hydrogen-bond acceptors (Lipinski definition) is 4. The van der Waals surface area contributed by atoms with Crippen LogP contribution in [0.15, 0.2) is 36.5 Å². The van der Waals surface area contributed by atoms with Crippen molar-refractivity contribution in [3.63, 3.8) is 0 Å². The molecule has 6 nitrogen and oxygen atoms in total. The minimum atomic E-state index is -0.551. The average molecular weight is 339 g/mol. The maximum atomic E-state index is 12.2. The number of hydrogen-bond donors (Lipinski definition) is 2. The van der Waals surface area contributed by atoms with Crippen LogP contribution in [0.1, 0.15) is 26.3 Å². The van der Waals surface area contributed by atoms with Crippen LogP contribution in [-0.4, -0.2) is 28.9 Å². The fraction of sp³-hybridized carbons (Fsp3) is 0.316. The Labute approximate surface area is 146 Å². The highest BCUT2D eigenvalue weighted by atomic mass is 16.5. The summed E-state index contributed by atoms with van der Waals surface area (Å²) in [5.74, 6) is 0.275. The van der Waals surface area contributed by atoms with Crippen molar-refractivity contribution in [3.8, 4) is 17.0 Å². The molecule has 1 atom stereocenters. The Hall–Kier alpha value is -2.89. The van der Waals surface area contributed by atoms with Crippen LogP contribution in [0.3, 0.4) is 0 Å². The van der Waals surface area contributed by atoms with Gasteiger partial charge < -0.3 is 15.4 Å². The molecule has 0 aliphatic carbocycles. The van der Waals surface area contributed by atoms with Gasteiger partial charge in [0.05, 0.1) is 0 Å². The van der Waals surface area contributed by atoms with Gasteiger partial charge >= 0.3 is 0 Å². The molecule has 1 unspecified atom stereocenters. The van der Waals surface area contributed by atoms with E-state index in [2.05, 4.69) is 15.6 Å². The van der Waals surface area contributed by atoms with Gasteiger partial charge in [0.15, 0.2) is 6.10 Å². The van der Waals surface area contributed by atoms with Crippen LogP contribution in [0.2, 0.25) is 0 Å². The molecule has 3 rings (SSSR count). The monoisotopic (exact) mass is 339 g/mol. The van der Waals surface area contributed by atoms with Gasteiger partial charge in [-0.25, -0.2) is 4.98 Å². The minimum absolute atomic E-state index is 0.0635. The van der Waals surface area contributed by atoms with Crippen LogP contribution in [0.4, 0.5) is 5.69 Å². The fourth-order valence-electron chi connectivity index (χ4n) is 2.86. The quantitative estimate of drug-likeness (QED) is 0.897.